The predicted octanol–water partition coefficient (Wildman–Crippen LogP) is 1.53. The lowest BCUT2D eigenvalue weighted by Crippen LogP contribution is -2.46. The van der Waals surface area contributed by atoms with Crippen molar-refractivity contribution >= 4 is 17.9 Å². The van der Waals surface area contributed by atoms with E-state index in [2.05, 4.69) is 20.4 Å². The van der Waals surface area contributed by atoms with Gasteiger partial charge in [-0.3, -0.25) is 14.4 Å². The number of rotatable bonds is 4. The molecule has 0 radical (unpaired) electrons. The molecule has 1 heterocycles. The Hall–Kier alpha value is -1.93. The molecule has 8 heteroatoms. The molecule has 29 heavy (non-hydrogen) atoms. The maximum Gasteiger partial charge on any atom is 0.303 e. The molecule has 2 aliphatic carbocycles. The first-order valence-electron chi connectivity index (χ1n) is 9.93. The van der Waals surface area contributed by atoms with Crippen LogP contribution in [0.2, 0.25) is 0 Å². The van der Waals surface area contributed by atoms with E-state index < -0.39 is 47.9 Å². The highest BCUT2D eigenvalue weighted by Crippen LogP contribution is 2.65. The number of hydrogen-bond acceptors (Lipinski definition) is 8. The lowest BCUT2D eigenvalue weighted by atomic mass is 9.86. The third kappa shape index (κ3) is 4.05. The maximum atomic E-state index is 11.8. The van der Waals surface area contributed by atoms with Crippen LogP contribution in [0.5, 0.6) is 0 Å². The van der Waals surface area contributed by atoms with Crippen molar-refractivity contribution in [3.8, 4) is 0 Å². The molecule has 0 aromatic carbocycles. The molecule has 3 rings (SSSR count). The summed E-state index contributed by atoms with van der Waals surface area (Å²) in [5.41, 5.74) is -0.668. The van der Waals surface area contributed by atoms with Crippen LogP contribution in [0.15, 0.2) is 12.2 Å². The standard InChI is InChI=1S/C21H30O8/c1-10-16(25)15-14(20(15,5)6)7-8-21(9-26-11(2)22)19(29-21)18(28-13(4)24)17(10)27-12(3)23/h14-19,25H,1,7-9H2,2-6H3. The molecule has 0 aromatic rings. The fraction of sp³-hybridized carbons (Fsp3) is 0.762. The molecule has 3 fully saturated rings. The highest BCUT2D eigenvalue weighted by molar-refractivity contribution is 5.68. The first kappa shape index (κ1) is 21.8. The van der Waals surface area contributed by atoms with Gasteiger partial charge >= 0.3 is 17.9 Å². The SMILES string of the molecule is C=C1C(O)C2C(CCC3(COC(C)=O)OC3C(OC(C)=O)C1OC(C)=O)C2(C)C. The second-order valence-corrected chi connectivity index (χ2v) is 9.00. The minimum Gasteiger partial charge on any atom is -0.463 e. The largest absolute Gasteiger partial charge is 0.463 e. The summed E-state index contributed by atoms with van der Waals surface area (Å²) in [6.07, 6.45) is -2.28. The fourth-order valence-corrected chi connectivity index (χ4v) is 4.97. The van der Waals surface area contributed by atoms with Crippen LogP contribution in [-0.4, -0.2) is 59.6 Å². The predicted molar refractivity (Wildman–Crippen MR) is 100 cm³/mol. The number of carbonyl (C=O) groups excluding carboxylic acids is 3. The normalized spacial score (nSPS) is 40.0. The van der Waals surface area contributed by atoms with Gasteiger partial charge in [-0.05, 0) is 35.7 Å². The first-order valence-corrected chi connectivity index (χ1v) is 9.93. The van der Waals surface area contributed by atoms with Crippen molar-refractivity contribution in [2.45, 2.75) is 77.5 Å². The van der Waals surface area contributed by atoms with E-state index in [4.69, 9.17) is 18.9 Å². The Balaban J connectivity index is 1.97. The van der Waals surface area contributed by atoms with Crippen LogP contribution in [0.1, 0.15) is 47.5 Å². The van der Waals surface area contributed by atoms with E-state index in [1.165, 1.54) is 20.8 Å². The van der Waals surface area contributed by atoms with Gasteiger partial charge in [0.05, 0.1) is 6.10 Å². The Kier molecular flexibility index (Phi) is 5.55. The molecular weight excluding hydrogens is 380 g/mol. The maximum absolute atomic E-state index is 11.8. The molecule has 7 atom stereocenters. The van der Waals surface area contributed by atoms with Gasteiger partial charge in [-0.2, -0.15) is 0 Å². The van der Waals surface area contributed by atoms with E-state index in [0.29, 0.717) is 6.42 Å². The fourth-order valence-electron chi connectivity index (χ4n) is 4.97. The van der Waals surface area contributed by atoms with Crippen molar-refractivity contribution in [1.29, 1.82) is 0 Å². The van der Waals surface area contributed by atoms with Crippen molar-refractivity contribution < 1.29 is 38.4 Å². The molecule has 1 N–H and O–H groups in total. The lowest BCUT2D eigenvalue weighted by molar-refractivity contribution is -0.165. The molecule has 0 amide bonds. The van der Waals surface area contributed by atoms with Gasteiger partial charge < -0.3 is 24.1 Å². The Labute approximate surface area is 170 Å². The number of aliphatic hydroxyl groups is 1. The summed E-state index contributed by atoms with van der Waals surface area (Å²) in [7, 11) is 0. The topological polar surface area (TPSA) is 112 Å². The van der Waals surface area contributed by atoms with Crippen LogP contribution < -0.4 is 0 Å². The molecule has 162 valence electrons. The van der Waals surface area contributed by atoms with Crippen molar-refractivity contribution in [2.75, 3.05) is 6.61 Å². The Morgan fingerprint density at radius 1 is 1.14 bits per heavy atom. The summed E-state index contributed by atoms with van der Waals surface area (Å²) >= 11 is 0. The van der Waals surface area contributed by atoms with Gasteiger partial charge in [-0.1, -0.05) is 20.4 Å². The molecule has 8 nitrogen and oxygen atoms in total. The van der Waals surface area contributed by atoms with E-state index in [9.17, 15) is 19.5 Å². The zero-order valence-electron chi connectivity index (χ0n) is 17.6. The monoisotopic (exact) mass is 410 g/mol. The number of epoxide rings is 1. The summed E-state index contributed by atoms with van der Waals surface area (Å²) in [5, 5.41) is 11.0. The summed E-state index contributed by atoms with van der Waals surface area (Å²) < 4.78 is 22.1. The molecule has 3 aliphatic rings. The highest BCUT2D eigenvalue weighted by Gasteiger charge is 2.69. The Morgan fingerprint density at radius 2 is 1.76 bits per heavy atom. The number of aliphatic hydroxyl groups excluding tert-OH is 1. The van der Waals surface area contributed by atoms with Crippen LogP contribution >= 0.6 is 0 Å². The average molecular weight is 410 g/mol. The second-order valence-electron chi connectivity index (χ2n) is 9.00. The zero-order chi connectivity index (χ0) is 21.7. The molecular formula is C21H30O8. The summed E-state index contributed by atoms with van der Waals surface area (Å²) in [5.74, 6) is -1.44. The highest BCUT2D eigenvalue weighted by atomic mass is 16.7. The van der Waals surface area contributed by atoms with Crippen LogP contribution in [0.25, 0.3) is 0 Å². The molecule has 2 saturated carbocycles. The van der Waals surface area contributed by atoms with E-state index in [0.717, 1.165) is 6.42 Å². The molecule has 0 aromatic heterocycles. The van der Waals surface area contributed by atoms with E-state index in [1.807, 2.05) is 0 Å². The van der Waals surface area contributed by atoms with Crippen LogP contribution in [-0.2, 0) is 33.3 Å². The molecule has 0 bridgehead atoms. The van der Waals surface area contributed by atoms with Crippen molar-refractivity contribution in [3.05, 3.63) is 12.2 Å². The van der Waals surface area contributed by atoms with Gasteiger partial charge in [-0.25, -0.2) is 0 Å². The van der Waals surface area contributed by atoms with Gasteiger partial charge in [0.1, 0.15) is 18.3 Å². The van der Waals surface area contributed by atoms with Gasteiger partial charge in [0, 0.05) is 20.8 Å². The molecule has 0 spiro atoms. The Bertz CT molecular complexity index is 728. The zero-order valence-corrected chi connectivity index (χ0v) is 17.6. The number of ether oxygens (including phenoxy) is 4. The summed E-state index contributed by atoms with van der Waals surface area (Å²) in [4.78, 5) is 35.0. The number of carbonyl (C=O) groups is 3. The van der Waals surface area contributed by atoms with Gasteiger partial charge in [0.15, 0.2) is 12.2 Å². The van der Waals surface area contributed by atoms with E-state index in [-0.39, 0.29) is 29.4 Å². The first-order chi connectivity index (χ1) is 13.4. The Morgan fingerprint density at radius 3 is 2.31 bits per heavy atom. The van der Waals surface area contributed by atoms with Gasteiger partial charge in [0.25, 0.3) is 0 Å². The van der Waals surface area contributed by atoms with Gasteiger partial charge in [0.2, 0.25) is 0 Å². The van der Waals surface area contributed by atoms with Crippen LogP contribution in [0.4, 0.5) is 0 Å². The van der Waals surface area contributed by atoms with E-state index in [1.54, 1.807) is 0 Å². The second kappa shape index (κ2) is 7.40. The van der Waals surface area contributed by atoms with Crippen molar-refractivity contribution in [3.63, 3.8) is 0 Å². The van der Waals surface area contributed by atoms with Gasteiger partial charge in [-0.15, -0.1) is 0 Å². The number of fused-ring (bicyclic) bond motifs is 2. The quantitative estimate of drug-likeness (QED) is 0.321. The number of esters is 3. The number of hydrogen-bond donors (Lipinski definition) is 1. The minimum atomic E-state index is -1.06. The average Bonchev–Trinajstić information content (AvgIpc) is 3.45. The molecule has 1 saturated heterocycles. The minimum absolute atomic E-state index is 0.0183. The third-order valence-electron chi connectivity index (χ3n) is 6.64. The van der Waals surface area contributed by atoms with Crippen molar-refractivity contribution in [1.82, 2.24) is 0 Å². The molecule has 1 aliphatic heterocycles. The third-order valence-corrected chi connectivity index (χ3v) is 6.64. The van der Waals surface area contributed by atoms with Crippen LogP contribution in [0, 0.1) is 17.3 Å². The lowest BCUT2D eigenvalue weighted by Gasteiger charge is -2.31. The van der Waals surface area contributed by atoms with Crippen molar-refractivity contribution in [2.24, 2.45) is 17.3 Å². The van der Waals surface area contributed by atoms with E-state index >= 15 is 0 Å². The smallest absolute Gasteiger partial charge is 0.303 e. The summed E-state index contributed by atoms with van der Waals surface area (Å²) in [6, 6.07) is 0. The van der Waals surface area contributed by atoms with Crippen LogP contribution in [0.3, 0.4) is 0 Å². The molecule has 7 unspecified atom stereocenters. The summed E-state index contributed by atoms with van der Waals surface area (Å²) in [6.45, 7) is 12.0.